The van der Waals surface area contributed by atoms with Crippen LogP contribution < -0.4 is 20.7 Å². The van der Waals surface area contributed by atoms with Gasteiger partial charge in [-0.3, -0.25) is 4.79 Å². The third-order valence-electron chi connectivity index (χ3n) is 7.07. The number of nitrogens with one attached hydrogen (secondary N) is 3. The molecule has 190 valence electrons. The number of carbonyl (C=O) groups excluding carboxylic acids is 1. The molecule has 0 aliphatic heterocycles. The number of hydrogen-bond donors (Lipinski definition) is 3. The summed E-state index contributed by atoms with van der Waals surface area (Å²) in [6.07, 6.45) is 5.45. The third-order valence-corrected chi connectivity index (χ3v) is 7.07. The molecular formula is C30H33N5O2. The SMILES string of the molecule is COc1ccccc1C(=O)NC[C@]1(c2ccccc2)CC[C@H](N/C(=N\C#N)NCc2ccccc2)CC1. The van der Waals surface area contributed by atoms with E-state index in [2.05, 4.69) is 45.2 Å². The van der Waals surface area contributed by atoms with Crippen LogP contribution in [0.1, 0.15) is 47.2 Å². The number of para-hydroxylation sites is 1. The molecule has 1 amide bonds. The van der Waals surface area contributed by atoms with Crippen LogP contribution in [0, 0.1) is 11.5 Å². The fourth-order valence-corrected chi connectivity index (χ4v) is 5.00. The zero-order valence-corrected chi connectivity index (χ0v) is 21.1. The van der Waals surface area contributed by atoms with Crippen molar-refractivity contribution in [2.24, 2.45) is 4.99 Å². The van der Waals surface area contributed by atoms with Crippen molar-refractivity contribution < 1.29 is 9.53 Å². The highest BCUT2D eigenvalue weighted by Crippen LogP contribution is 2.39. The largest absolute Gasteiger partial charge is 0.496 e. The van der Waals surface area contributed by atoms with Gasteiger partial charge in [-0.25, -0.2) is 0 Å². The first-order valence-electron chi connectivity index (χ1n) is 12.6. The molecule has 0 saturated heterocycles. The number of benzene rings is 3. The fourth-order valence-electron chi connectivity index (χ4n) is 5.00. The van der Waals surface area contributed by atoms with Crippen LogP contribution >= 0.6 is 0 Å². The summed E-state index contributed by atoms with van der Waals surface area (Å²) in [5.41, 5.74) is 2.70. The predicted molar refractivity (Wildman–Crippen MR) is 145 cm³/mol. The second-order valence-electron chi connectivity index (χ2n) is 9.35. The molecule has 3 aromatic carbocycles. The Morgan fingerprint density at radius 1 is 0.973 bits per heavy atom. The van der Waals surface area contributed by atoms with E-state index in [1.807, 2.05) is 54.7 Å². The van der Waals surface area contributed by atoms with Crippen molar-refractivity contribution in [3.8, 4) is 11.9 Å². The molecule has 1 aliphatic rings. The van der Waals surface area contributed by atoms with Gasteiger partial charge in [0.25, 0.3) is 5.91 Å². The molecule has 0 radical (unpaired) electrons. The highest BCUT2D eigenvalue weighted by Gasteiger charge is 2.37. The number of ether oxygens (including phenoxy) is 1. The summed E-state index contributed by atoms with van der Waals surface area (Å²) in [5.74, 6) is 0.920. The summed E-state index contributed by atoms with van der Waals surface area (Å²) in [5, 5.41) is 19.0. The van der Waals surface area contributed by atoms with E-state index in [-0.39, 0.29) is 17.4 Å². The smallest absolute Gasteiger partial charge is 0.255 e. The van der Waals surface area contributed by atoms with Gasteiger partial charge in [0.15, 0.2) is 0 Å². The Labute approximate surface area is 218 Å². The van der Waals surface area contributed by atoms with Gasteiger partial charge < -0.3 is 20.7 Å². The minimum absolute atomic E-state index is 0.137. The van der Waals surface area contributed by atoms with Gasteiger partial charge in [0, 0.05) is 24.5 Å². The maximum absolute atomic E-state index is 13.1. The molecule has 0 unspecified atom stereocenters. The van der Waals surface area contributed by atoms with Crippen LogP contribution in [0.25, 0.3) is 0 Å². The summed E-state index contributed by atoms with van der Waals surface area (Å²) < 4.78 is 5.38. The van der Waals surface area contributed by atoms with Gasteiger partial charge in [0.05, 0.1) is 12.7 Å². The Bertz CT molecular complexity index is 1230. The molecule has 0 heterocycles. The molecule has 37 heavy (non-hydrogen) atoms. The normalized spacial score (nSPS) is 19.4. The van der Waals surface area contributed by atoms with Crippen molar-refractivity contribution in [3.63, 3.8) is 0 Å². The topological polar surface area (TPSA) is 98.5 Å². The van der Waals surface area contributed by atoms with Gasteiger partial charge in [0.2, 0.25) is 12.2 Å². The van der Waals surface area contributed by atoms with E-state index in [9.17, 15) is 10.1 Å². The lowest BCUT2D eigenvalue weighted by molar-refractivity contribution is 0.0932. The molecule has 4 rings (SSSR count). The van der Waals surface area contributed by atoms with Crippen LogP contribution in [0.5, 0.6) is 5.75 Å². The van der Waals surface area contributed by atoms with Crippen molar-refractivity contribution in [3.05, 3.63) is 102 Å². The van der Waals surface area contributed by atoms with Crippen LogP contribution in [0.4, 0.5) is 0 Å². The van der Waals surface area contributed by atoms with Gasteiger partial charge in [0.1, 0.15) is 5.75 Å². The standard InChI is InChI=1S/C30H33N5O2/c1-37-27-15-9-8-14-26(27)28(36)33-21-30(24-12-6-3-7-13-24)18-16-25(17-19-30)35-29(34-22-31)32-20-23-10-4-2-5-11-23/h2-15,25H,16-21H2,1H3,(H,33,36)(H2,32,34,35)/t25-,30-. The Balaban J connectivity index is 1.42. The Hall–Kier alpha value is -4.31. The monoisotopic (exact) mass is 495 g/mol. The average molecular weight is 496 g/mol. The lowest BCUT2D eigenvalue weighted by Gasteiger charge is -2.41. The van der Waals surface area contributed by atoms with E-state index < -0.39 is 0 Å². The maximum Gasteiger partial charge on any atom is 0.255 e. The number of aliphatic imine (C=N–C) groups is 1. The predicted octanol–water partition coefficient (Wildman–Crippen LogP) is 4.52. The Morgan fingerprint density at radius 2 is 1.62 bits per heavy atom. The van der Waals surface area contributed by atoms with Crippen molar-refractivity contribution in [1.29, 1.82) is 5.26 Å². The van der Waals surface area contributed by atoms with Crippen LogP contribution in [-0.4, -0.2) is 31.6 Å². The first-order chi connectivity index (χ1) is 18.1. The average Bonchev–Trinajstić information content (AvgIpc) is 2.96. The maximum atomic E-state index is 13.1. The number of amides is 1. The molecular weight excluding hydrogens is 462 g/mol. The lowest BCUT2D eigenvalue weighted by Crippen LogP contribution is -2.49. The molecule has 0 atom stereocenters. The quantitative estimate of drug-likeness (QED) is 0.242. The highest BCUT2D eigenvalue weighted by atomic mass is 16.5. The number of nitriles is 1. The number of hydrogen-bond acceptors (Lipinski definition) is 4. The van der Waals surface area contributed by atoms with Gasteiger partial charge in [-0.05, 0) is 48.9 Å². The van der Waals surface area contributed by atoms with Gasteiger partial charge in [-0.15, -0.1) is 4.99 Å². The number of carbonyl (C=O) groups is 1. The summed E-state index contributed by atoms with van der Waals surface area (Å²) >= 11 is 0. The zero-order chi connectivity index (χ0) is 25.9. The van der Waals surface area contributed by atoms with Gasteiger partial charge in [-0.1, -0.05) is 72.8 Å². The molecule has 0 bridgehead atoms. The lowest BCUT2D eigenvalue weighted by atomic mass is 9.68. The second kappa shape index (κ2) is 12.6. The van der Waals surface area contributed by atoms with Crippen molar-refractivity contribution in [2.45, 2.75) is 43.7 Å². The number of nitrogens with zero attached hydrogens (tertiary/aromatic N) is 2. The van der Waals surface area contributed by atoms with E-state index in [1.54, 1.807) is 19.2 Å². The molecule has 1 fully saturated rings. The molecule has 3 N–H and O–H groups in total. The summed E-state index contributed by atoms with van der Waals surface area (Å²) in [4.78, 5) is 17.0. The number of methoxy groups -OCH3 is 1. The molecule has 0 spiro atoms. The third kappa shape index (κ3) is 6.68. The van der Waals surface area contributed by atoms with Crippen molar-refractivity contribution in [2.75, 3.05) is 13.7 Å². The summed E-state index contributed by atoms with van der Waals surface area (Å²) in [6, 6.07) is 27.9. The van der Waals surface area contributed by atoms with E-state index in [0.717, 1.165) is 31.2 Å². The molecule has 7 heteroatoms. The fraction of sp³-hybridized carbons (Fsp3) is 0.300. The van der Waals surface area contributed by atoms with Gasteiger partial charge >= 0.3 is 0 Å². The van der Waals surface area contributed by atoms with Crippen LogP contribution in [0.3, 0.4) is 0 Å². The van der Waals surface area contributed by atoms with Gasteiger partial charge in [-0.2, -0.15) is 5.26 Å². The summed E-state index contributed by atoms with van der Waals surface area (Å²) in [6.45, 7) is 1.12. The minimum Gasteiger partial charge on any atom is -0.496 e. The molecule has 1 aliphatic carbocycles. The zero-order valence-electron chi connectivity index (χ0n) is 21.1. The Kier molecular flexibility index (Phi) is 8.77. The van der Waals surface area contributed by atoms with Crippen LogP contribution in [0.15, 0.2) is 89.9 Å². The summed E-state index contributed by atoms with van der Waals surface area (Å²) in [7, 11) is 1.57. The van der Waals surface area contributed by atoms with E-state index in [0.29, 0.717) is 30.4 Å². The van der Waals surface area contributed by atoms with E-state index >= 15 is 0 Å². The molecule has 1 saturated carbocycles. The highest BCUT2D eigenvalue weighted by molar-refractivity contribution is 5.97. The first kappa shape index (κ1) is 25.8. The Morgan fingerprint density at radius 3 is 2.30 bits per heavy atom. The molecule has 3 aromatic rings. The minimum atomic E-state index is -0.179. The number of guanidine groups is 1. The first-order valence-corrected chi connectivity index (χ1v) is 12.6. The van der Waals surface area contributed by atoms with Crippen LogP contribution in [-0.2, 0) is 12.0 Å². The molecule has 7 nitrogen and oxygen atoms in total. The van der Waals surface area contributed by atoms with Crippen molar-refractivity contribution >= 4 is 11.9 Å². The molecule has 0 aromatic heterocycles. The van der Waals surface area contributed by atoms with Crippen molar-refractivity contribution in [1.82, 2.24) is 16.0 Å². The van der Waals surface area contributed by atoms with E-state index in [4.69, 9.17) is 4.74 Å². The number of rotatable bonds is 8. The van der Waals surface area contributed by atoms with Crippen LogP contribution in [0.2, 0.25) is 0 Å². The van der Waals surface area contributed by atoms with E-state index in [1.165, 1.54) is 5.56 Å². The second-order valence-corrected chi connectivity index (χ2v) is 9.35.